The molecule has 2 aliphatic heterocycles. The number of likely N-dealkylation sites (N-methyl/N-ethyl adjacent to an activating group) is 1. The third-order valence-corrected chi connectivity index (χ3v) is 6.30. The van der Waals surface area contributed by atoms with Crippen LogP contribution in [0, 0.1) is 11.8 Å². The summed E-state index contributed by atoms with van der Waals surface area (Å²) in [5.74, 6) is 2.50. The van der Waals surface area contributed by atoms with E-state index in [-0.39, 0.29) is 0 Å². The highest BCUT2D eigenvalue weighted by molar-refractivity contribution is 5.79. The van der Waals surface area contributed by atoms with Crippen molar-refractivity contribution in [1.82, 2.24) is 25.3 Å². The molecule has 0 spiro atoms. The first kappa shape index (κ1) is 22.4. The van der Waals surface area contributed by atoms with E-state index in [0.717, 1.165) is 25.0 Å². The molecule has 2 rings (SSSR count). The Balaban J connectivity index is 1.65. The van der Waals surface area contributed by atoms with Crippen molar-refractivity contribution in [1.29, 1.82) is 0 Å². The molecule has 2 saturated heterocycles. The number of guanidine groups is 1. The quantitative estimate of drug-likeness (QED) is 0.380. The Hall–Kier alpha value is -0.850. The molecule has 0 bridgehead atoms. The lowest BCUT2D eigenvalue weighted by atomic mass is 9.99. The highest BCUT2D eigenvalue weighted by Gasteiger charge is 2.25. The topological polar surface area (TPSA) is 46.1 Å². The van der Waals surface area contributed by atoms with Crippen LogP contribution in [0.4, 0.5) is 0 Å². The number of piperazine rings is 1. The monoisotopic (exact) mass is 380 g/mol. The maximum Gasteiger partial charge on any atom is 0.191 e. The van der Waals surface area contributed by atoms with Crippen molar-refractivity contribution < 1.29 is 0 Å². The molecule has 6 heteroatoms. The second kappa shape index (κ2) is 11.9. The van der Waals surface area contributed by atoms with Crippen LogP contribution in [-0.2, 0) is 0 Å². The van der Waals surface area contributed by atoms with E-state index in [4.69, 9.17) is 0 Å². The normalized spacial score (nSPS) is 23.0. The van der Waals surface area contributed by atoms with Crippen LogP contribution in [0.5, 0.6) is 0 Å². The summed E-state index contributed by atoms with van der Waals surface area (Å²) in [6, 6.07) is 0.563. The lowest BCUT2D eigenvalue weighted by Crippen LogP contribution is -2.55. The molecule has 0 aromatic carbocycles. The molecule has 0 aromatic rings. The molecule has 2 fully saturated rings. The maximum absolute atomic E-state index is 4.42. The fourth-order valence-corrected chi connectivity index (χ4v) is 4.16. The van der Waals surface area contributed by atoms with E-state index < -0.39 is 0 Å². The van der Waals surface area contributed by atoms with Crippen molar-refractivity contribution in [2.75, 3.05) is 73.0 Å². The zero-order valence-electron chi connectivity index (χ0n) is 18.5. The SMILES string of the molecule is CN=C(NCCCN1CCC(C)CC1)NCC(C(C)C)N1CCN(C)CC1. The first-order chi connectivity index (χ1) is 13.0. The second-order valence-electron chi connectivity index (χ2n) is 8.91. The molecule has 6 nitrogen and oxygen atoms in total. The molecule has 0 amide bonds. The van der Waals surface area contributed by atoms with Gasteiger partial charge in [-0.05, 0) is 57.8 Å². The Morgan fingerprint density at radius 1 is 1.04 bits per heavy atom. The van der Waals surface area contributed by atoms with Gasteiger partial charge in [-0.25, -0.2) is 0 Å². The van der Waals surface area contributed by atoms with Crippen LogP contribution in [0.1, 0.15) is 40.0 Å². The zero-order valence-corrected chi connectivity index (χ0v) is 18.5. The van der Waals surface area contributed by atoms with Gasteiger partial charge < -0.3 is 20.4 Å². The molecular formula is C21H44N6. The summed E-state index contributed by atoms with van der Waals surface area (Å²) < 4.78 is 0. The van der Waals surface area contributed by atoms with Gasteiger partial charge in [0.15, 0.2) is 5.96 Å². The number of likely N-dealkylation sites (tertiary alicyclic amines) is 1. The van der Waals surface area contributed by atoms with Gasteiger partial charge in [-0.15, -0.1) is 0 Å². The van der Waals surface area contributed by atoms with Gasteiger partial charge in [0, 0.05) is 52.4 Å². The van der Waals surface area contributed by atoms with Gasteiger partial charge >= 0.3 is 0 Å². The van der Waals surface area contributed by atoms with Crippen molar-refractivity contribution in [3.63, 3.8) is 0 Å². The van der Waals surface area contributed by atoms with E-state index in [2.05, 4.69) is 58.1 Å². The molecule has 27 heavy (non-hydrogen) atoms. The average molecular weight is 381 g/mol. The smallest absolute Gasteiger partial charge is 0.191 e. The number of rotatable bonds is 8. The van der Waals surface area contributed by atoms with Gasteiger partial charge in [-0.1, -0.05) is 20.8 Å². The van der Waals surface area contributed by atoms with Crippen LogP contribution in [0.2, 0.25) is 0 Å². The number of nitrogens with one attached hydrogen (secondary N) is 2. The summed E-state index contributed by atoms with van der Waals surface area (Å²) in [6.45, 7) is 17.4. The van der Waals surface area contributed by atoms with Crippen LogP contribution in [0.15, 0.2) is 4.99 Å². The lowest BCUT2D eigenvalue weighted by molar-refractivity contribution is 0.0900. The van der Waals surface area contributed by atoms with E-state index in [1.165, 1.54) is 65.1 Å². The molecule has 0 saturated carbocycles. The maximum atomic E-state index is 4.42. The van der Waals surface area contributed by atoms with Gasteiger partial charge in [-0.2, -0.15) is 0 Å². The van der Waals surface area contributed by atoms with Crippen LogP contribution in [-0.4, -0.2) is 99.7 Å². The summed E-state index contributed by atoms with van der Waals surface area (Å²) >= 11 is 0. The van der Waals surface area contributed by atoms with E-state index in [1.54, 1.807) is 0 Å². The summed E-state index contributed by atoms with van der Waals surface area (Å²) in [6.07, 6.45) is 3.90. The molecule has 1 unspecified atom stereocenters. The van der Waals surface area contributed by atoms with Crippen LogP contribution >= 0.6 is 0 Å². The standard InChI is InChI=1S/C21H44N6/c1-18(2)20(27-15-13-25(5)14-16-27)17-24-21(22-4)23-9-6-10-26-11-7-19(3)8-12-26/h18-20H,6-17H2,1-5H3,(H2,22,23,24). The number of piperidine rings is 1. The van der Waals surface area contributed by atoms with Crippen molar-refractivity contribution in [2.24, 2.45) is 16.8 Å². The largest absolute Gasteiger partial charge is 0.356 e. The molecule has 2 heterocycles. The Kier molecular flexibility index (Phi) is 9.87. The molecular weight excluding hydrogens is 336 g/mol. The summed E-state index contributed by atoms with van der Waals surface area (Å²) in [7, 11) is 4.10. The molecule has 0 aromatic heterocycles. The first-order valence-corrected chi connectivity index (χ1v) is 11.1. The minimum Gasteiger partial charge on any atom is -0.356 e. The first-order valence-electron chi connectivity index (χ1n) is 11.1. The molecule has 158 valence electrons. The number of hydrogen-bond donors (Lipinski definition) is 2. The molecule has 0 radical (unpaired) electrons. The van der Waals surface area contributed by atoms with Gasteiger partial charge in [0.25, 0.3) is 0 Å². The van der Waals surface area contributed by atoms with Crippen LogP contribution < -0.4 is 10.6 Å². The molecule has 2 aliphatic rings. The van der Waals surface area contributed by atoms with Gasteiger partial charge in [0.05, 0.1) is 0 Å². The highest BCUT2D eigenvalue weighted by atomic mass is 15.3. The van der Waals surface area contributed by atoms with E-state index in [1.807, 2.05) is 7.05 Å². The molecule has 1 atom stereocenters. The van der Waals surface area contributed by atoms with Gasteiger partial charge in [0.2, 0.25) is 0 Å². The van der Waals surface area contributed by atoms with Gasteiger partial charge in [0.1, 0.15) is 0 Å². The third kappa shape index (κ3) is 7.96. The highest BCUT2D eigenvalue weighted by Crippen LogP contribution is 2.15. The summed E-state index contributed by atoms with van der Waals surface area (Å²) in [5.41, 5.74) is 0. The predicted octanol–water partition coefficient (Wildman–Crippen LogP) is 1.55. The second-order valence-corrected chi connectivity index (χ2v) is 8.91. The van der Waals surface area contributed by atoms with Crippen molar-refractivity contribution in [2.45, 2.75) is 46.1 Å². The van der Waals surface area contributed by atoms with Crippen molar-refractivity contribution >= 4 is 5.96 Å². The number of hydrogen-bond acceptors (Lipinski definition) is 4. The molecule has 2 N–H and O–H groups in total. The zero-order chi connectivity index (χ0) is 19.6. The molecule has 0 aliphatic carbocycles. The van der Waals surface area contributed by atoms with E-state index in [0.29, 0.717) is 12.0 Å². The fourth-order valence-electron chi connectivity index (χ4n) is 4.16. The predicted molar refractivity (Wildman–Crippen MR) is 117 cm³/mol. The summed E-state index contributed by atoms with van der Waals surface area (Å²) in [5, 5.41) is 7.08. The van der Waals surface area contributed by atoms with Gasteiger partial charge in [-0.3, -0.25) is 9.89 Å². The third-order valence-electron chi connectivity index (χ3n) is 6.30. The van der Waals surface area contributed by atoms with Crippen molar-refractivity contribution in [3.8, 4) is 0 Å². The lowest BCUT2D eigenvalue weighted by Gasteiger charge is -2.40. The number of nitrogens with zero attached hydrogens (tertiary/aromatic N) is 4. The Morgan fingerprint density at radius 3 is 2.30 bits per heavy atom. The Labute approximate surface area is 167 Å². The Bertz CT molecular complexity index is 422. The van der Waals surface area contributed by atoms with E-state index >= 15 is 0 Å². The Morgan fingerprint density at radius 2 is 1.70 bits per heavy atom. The fraction of sp³-hybridized carbons (Fsp3) is 0.952. The minimum atomic E-state index is 0.563. The van der Waals surface area contributed by atoms with Crippen molar-refractivity contribution in [3.05, 3.63) is 0 Å². The van der Waals surface area contributed by atoms with Crippen LogP contribution in [0.25, 0.3) is 0 Å². The van der Waals surface area contributed by atoms with Crippen LogP contribution in [0.3, 0.4) is 0 Å². The number of aliphatic imine (C=N–C) groups is 1. The average Bonchev–Trinajstić information content (AvgIpc) is 2.66. The van der Waals surface area contributed by atoms with E-state index in [9.17, 15) is 0 Å². The summed E-state index contributed by atoms with van der Waals surface area (Å²) in [4.78, 5) is 12.1. The minimum absolute atomic E-state index is 0.563.